The number of fused-ring (bicyclic) bond motifs is 1. The number of anilines is 1. The van der Waals surface area contributed by atoms with Crippen molar-refractivity contribution in [2.45, 2.75) is 12.5 Å². The molecule has 1 N–H and O–H groups in total. The molecule has 1 atom stereocenters. The van der Waals surface area contributed by atoms with Crippen molar-refractivity contribution in [2.24, 2.45) is 0 Å². The first-order valence-corrected chi connectivity index (χ1v) is 9.24. The number of morpholine rings is 1. The zero-order valence-electron chi connectivity index (χ0n) is 14.9. The standard InChI is InChI=1S/C19H21N5O3/c1-2-16-15(9-13(1)27-14-3-6-26-11-14)19(23-22-16)17-10-18(21-12-20-17)24-4-7-25-8-5-24/h1-2,9-10,12,14H,3-8,11H2,(H,22,23)/t14-/m0/s1. The molecule has 0 saturated carbocycles. The van der Waals surface area contributed by atoms with Crippen LogP contribution in [0.2, 0.25) is 0 Å². The number of hydrogen-bond donors (Lipinski definition) is 1. The monoisotopic (exact) mass is 367 g/mol. The van der Waals surface area contributed by atoms with E-state index in [2.05, 4.69) is 25.1 Å². The highest BCUT2D eigenvalue weighted by Gasteiger charge is 2.19. The van der Waals surface area contributed by atoms with Crippen LogP contribution in [0, 0.1) is 0 Å². The number of hydrogen-bond acceptors (Lipinski definition) is 7. The van der Waals surface area contributed by atoms with E-state index in [-0.39, 0.29) is 6.10 Å². The number of nitrogens with zero attached hydrogens (tertiary/aromatic N) is 4. The zero-order valence-corrected chi connectivity index (χ0v) is 14.9. The van der Waals surface area contributed by atoms with Crippen molar-refractivity contribution in [3.05, 3.63) is 30.6 Å². The minimum Gasteiger partial charge on any atom is -0.488 e. The predicted octanol–water partition coefficient (Wildman–Crippen LogP) is 2.02. The Balaban J connectivity index is 1.47. The van der Waals surface area contributed by atoms with Crippen LogP contribution in [0.5, 0.6) is 5.75 Å². The minimum absolute atomic E-state index is 0.116. The second-order valence-electron chi connectivity index (χ2n) is 6.74. The highest BCUT2D eigenvalue weighted by Crippen LogP contribution is 2.30. The Hall–Kier alpha value is -2.71. The van der Waals surface area contributed by atoms with E-state index < -0.39 is 0 Å². The lowest BCUT2D eigenvalue weighted by molar-refractivity contribution is 0.122. The van der Waals surface area contributed by atoms with Crippen molar-refractivity contribution in [1.29, 1.82) is 0 Å². The summed E-state index contributed by atoms with van der Waals surface area (Å²) in [6.07, 6.45) is 2.63. The predicted molar refractivity (Wildman–Crippen MR) is 100 cm³/mol. The molecule has 8 nitrogen and oxygen atoms in total. The lowest BCUT2D eigenvalue weighted by Gasteiger charge is -2.27. The molecule has 0 radical (unpaired) electrons. The first-order valence-electron chi connectivity index (χ1n) is 9.24. The summed E-state index contributed by atoms with van der Waals surface area (Å²) in [6.45, 7) is 4.51. The van der Waals surface area contributed by atoms with Crippen LogP contribution in [-0.4, -0.2) is 65.8 Å². The second-order valence-corrected chi connectivity index (χ2v) is 6.74. The lowest BCUT2D eigenvalue weighted by Crippen LogP contribution is -2.36. The van der Waals surface area contributed by atoms with E-state index in [1.54, 1.807) is 6.33 Å². The van der Waals surface area contributed by atoms with Crippen molar-refractivity contribution in [3.63, 3.8) is 0 Å². The van der Waals surface area contributed by atoms with Crippen LogP contribution in [0.4, 0.5) is 5.82 Å². The SMILES string of the molecule is c1nc(-c2n[nH]c3ccc(O[C@H]4CCOC4)cc23)cc(N2CCOCC2)n1. The van der Waals surface area contributed by atoms with E-state index in [9.17, 15) is 0 Å². The summed E-state index contributed by atoms with van der Waals surface area (Å²) in [5.41, 5.74) is 2.54. The fourth-order valence-electron chi connectivity index (χ4n) is 3.50. The van der Waals surface area contributed by atoms with E-state index in [0.717, 1.165) is 73.2 Å². The molecule has 3 aromatic rings. The summed E-state index contributed by atoms with van der Waals surface area (Å²) in [4.78, 5) is 11.1. The Labute approximate surface area is 156 Å². The number of benzene rings is 1. The number of aromatic amines is 1. The largest absolute Gasteiger partial charge is 0.488 e. The molecule has 4 heterocycles. The molecule has 1 aromatic carbocycles. The van der Waals surface area contributed by atoms with Gasteiger partial charge in [-0.3, -0.25) is 5.10 Å². The maximum atomic E-state index is 6.04. The van der Waals surface area contributed by atoms with Crippen LogP contribution < -0.4 is 9.64 Å². The molecular formula is C19H21N5O3. The molecule has 27 heavy (non-hydrogen) atoms. The third kappa shape index (κ3) is 3.33. The van der Waals surface area contributed by atoms with Crippen LogP contribution in [0.25, 0.3) is 22.3 Å². The molecule has 2 aliphatic heterocycles. The van der Waals surface area contributed by atoms with Gasteiger partial charge < -0.3 is 19.1 Å². The molecule has 140 valence electrons. The van der Waals surface area contributed by atoms with Crippen LogP contribution in [0.1, 0.15) is 6.42 Å². The Morgan fingerprint density at radius 3 is 2.85 bits per heavy atom. The second kappa shape index (κ2) is 7.13. The molecule has 0 unspecified atom stereocenters. The summed E-state index contributed by atoms with van der Waals surface area (Å²) in [7, 11) is 0. The molecule has 5 rings (SSSR count). The van der Waals surface area contributed by atoms with E-state index in [0.29, 0.717) is 6.61 Å². The maximum absolute atomic E-state index is 6.04. The van der Waals surface area contributed by atoms with E-state index in [1.165, 1.54) is 0 Å². The van der Waals surface area contributed by atoms with E-state index in [4.69, 9.17) is 14.2 Å². The molecular weight excluding hydrogens is 346 g/mol. The van der Waals surface area contributed by atoms with Gasteiger partial charge in [0.1, 0.15) is 29.7 Å². The third-order valence-electron chi connectivity index (χ3n) is 4.96. The summed E-state index contributed by atoms with van der Waals surface area (Å²) in [5, 5.41) is 8.55. The lowest BCUT2D eigenvalue weighted by atomic mass is 10.1. The number of nitrogens with one attached hydrogen (secondary N) is 1. The molecule has 2 fully saturated rings. The molecule has 0 spiro atoms. The zero-order chi connectivity index (χ0) is 18.1. The van der Waals surface area contributed by atoms with Gasteiger partial charge in [0.15, 0.2) is 0 Å². The van der Waals surface area contributed by atoms with Crippen LogP contribution in [0.15, 0.2) is 30.6 Å². The van der Waals surface area contributed by atoms with Gasteiger partial charge in [0.25, 0.3) is 0 Å². The van der Waals surface area contributed by atoms with E-state index in [1.807, 2.05) is 24.3 Å². The Kier molecular flexibility index (Phi) is 4.35. The van der Waals surface area contributed by atoms with Gasteiger partial charge in [-0.25, -0.2) is 9.97 Å². The van der Waals surface area contributed by atoms with Crippen LogP contribution in [-0.2, 0) is 9.47 Å². The fourth-order valence-corrected chi connectivity index (χ4v) is 3.50. The van der Waals surface area contributed by atoms with Crippen molar-refractivity contribution in [3.8, 4) is 17.1 Å². The van der Waals surface area contributed by atoms with Crippen LogP contribution in [0.3, 0.4) is 0 Å². The highest BCUT2D eigenvalue weighted by molar-refractivity contribution is 5.93. The average Bonchev–Trinajstić information content (AvgIpc) is 3.38. The number of H-pyrrole nitrogens is 1. The molecule has 0 amide bonds. The molecule has 0 aliphatic carbocycles. The highest BCUT2D eigenvalue weighted by atomic mass is 16.5. The number of rotatable bonds is 4. The Bertz CT molecular complexity index is 932. The minimum atomic E-state index is 0.116. The van der Waals surface area contributed by atoms with Gasteiger partial charge >= 0.3 is 0 Å². The van der Waals surface area contributed by atoms with Gasteiger partial charge in [0, 0.05) is 31.0 Å². The summed E-state index contributed by atoms with van der Waals surface area (Å²) in [6, 6.07) is 7.95. The van der Waals surface area contributed by atoms with Crippen molar-refractivity contribution in [2.75, 3.05) is 44.4 Å². The van der Waals surface area contributed by atoms with Crippen LogP contribution >= 0.6 is 0 Å². The van der Waals surface area contributed by atoms with Crippen molar-refractivity contribution >= 4 is 16.7 Å². The van der Waals surface area contributed by atoms with Gasteiger partial charge in [0.2, 0.25) is 0 Å². The first-order chi connectivity index (χ1) is 13.4. The molecule has 8 heteroatoms. The topological polar surface area (TPSA) is 85.4 Å². The molecule has 2 aromatic heterocycles. The summed E-state index contributed by atoms with van der Waals surface area (Å²) in [5.74, 6) is 1.72. The van der Waals surface area contributed by atoms with Crippen molar-refractivity contribution < 1.29 is 14.2 Å². The first kappa shape index (κ1) is 16.5. The van der Waals surface area contributed by atoms with Gasteiger partial charge in [-0.1, -0.05) is 0 Å². The van der Waals surface area contributed by atoms with Gasteiger partial charge in [-0.15, -0.1) is 0 Å². The average molecular weight is 367 g/mol. The smallest absolute Gasteiger partial charge is 0.132 e. The molecule has 2 saturated heterocycles. The Morgan fingerprint density at radius 2 is 2.00 bits per heavy atom. The summed E-state index contributed by atoms with van der Waals surface area (Å²) < 4.78 is 16.9. The Morgan fingerprint density at radius 1 is 1.07 bits per heavy atom. The van der Waals surface area contributed by atoms with Crippen molar-refractivity contribution in [1.82, 2.24) is 20.2 Å². The fraction of sp³-hybridized carbons (Fsp3) is 0.421. The third-order valence-corrected chi connectivity index (χ3v) is 4.96. The van der Waals surface area contributed by atoms with E-state index >= 15 is 0 Å². The molecule has 2 aliphatic rings. The molecule has 0 bridgehead atoms. The summed E-state index contributed by atoms with van der Waals surface area (Å²) >= 11 is 0. The van der Waals surface area contributed by atoms with Gasteiger partial charge in [-0.05, 0) is 18.2 Å². The normalized spacial score (nSPS) is 20.3. The quantitative estimate of drug-likeness (QED) is 0.755. The number of aromatic nitrogens is 4. The van der Waals surface area contributed by atoms with Gasteiger partial charge in [-0.2, -0.15) is 5.10 Å². The van der Waals surface area contributed by atoms with Gasteiger partial charge in [0.05, 0.1) is 37.6 Å². The number of ether oxygens (including phenoxy) is 3. The maximum Gasteiger partial charge on any atom is 0.132 e.